The SMILES string of the molecule is CC(C)(C(F)(F)F)C(F)(F)F.CC(C)(C)C(F)(F)F.CC(C)C(C)C.CCC(C)(C)C.CCC(C)(C)C.CCC(C)CC.CCCC(C(F)(F)F)C(F)(F)F.CCCCCC(F)(F)F.CCC[C@H](C)C(F)(F)F.C[C@@H](CCC(F)(F)F)C(F)(F)F. The van der Waals surface area contributed by atoms with E-state index >= 15 is 0 Å². The molecule has 0 saturated carbocycles. The van der Waals surface area contributed by atoms with Gasteiger partial charge in [-0.05, 0) is 68.1 Å². The molecule has 0 rings (SSSR count). The van der Waals surface area contributed by atoms with Gasteiger partial charge in [0.05, 0.1) is 17.3 Å². The fourth-order valence-corrected chi connectivity index (χ4v) is 2.97. The Morgan fingerprint density at radius 2 is 0.541 bits per heavy atom. The fourth-order valence-electron chi connectivity index (χ4n) is 2.97. The van der Waals surface area contributed by atoms with Crippen LogP contribution in [0.5, 0.6) is 0 Å². The van der Waals surface area contributed by atoms with Crippen LogP contribution in [0.25, 0.3) is 0 Å². The minimum absolute atomic E-state index is 0.104. The Morgan fingerprint density at radius 3 is 0.635 bits per heavy atom. The summed E-state index contributed by atoms with van der Waals surface area (Å²) in [5.41, 5.74) is -4.10. The average Bonchev–Trinajstić information content (AvgIpc) is 3.25. The number of alkyl halides is 27. The van der Waals surface area contributed by atoms with Gasteiger partial charge < -0.3 is 0 Å². The molecule has 530 valence electrons. The zero-order valence-corrected chi connectivity index (χ0v) is 55.1. The van der Waals surface area contributed by atoms with Gasteiger partial charge in [-0.2, -0.15) is 119 Å². The summed E-state index contributed by atoms with van der Waals surface area (Å²) in [6.45, 7) is 44.1. The highest BCUT2D eigenvalue weighted by molar-refractivity contribution is 4.84. The second kappa shape index (κ2) is 46.2. The summed E-state index contributed by atoms with van der Waals surface area (Å²) < 4.78 is 313. The monoisotopic (exact) mass is 1320 g/mol. The molecule has 0 amide bonds. The van der Waals surface area contributed by atoms with Gasteiger partial charge in [0.1, 0.15) is 0 Å². The molecule has 27 heteroatoms. The Morgan fingerprint density at radius 1 is 0.294 bits per heavy atom. The highest BCUT2D eigenvalue weighted by Gasteiger charge is 2.64. The van der Waals surface area contributed by atoms with E-state index in [1.165, 1.54) is 39.5 Å². The van der Waals surface area contributed by atoms with Gasteiger partial charge in [-0.15, -0.1) is 0 Å². The largest absolute Gasteiger partial charge is 0.402 e. The van der Waals surface area contributed by atoms with Crippen LogP contribution in [0.1, 0.15) is 263 Å². The Labute approximate surface area is 493 Å². The average molecular weight is 1320 g/mol. The third kappa shape index (κ3) is 80.1. The lowest BCUT2D eigenvalue weighted by Gasteiger charge is -2.29. The summed E-state index contributed by atoms with van der Waals surface area (Å²) in [5, 5.41) is 0. The molecule has 0 aliphatic carbocycles. The molecule has 0 aliphatic rings. The maximum atomic E-state index is 11.7. The maximum Gasteiger partial charge on any atom is 0.402 e. The van der Waals surface area contributed by atoms with Gasteiger partial charge in [0.25, 0.3) is 0 Å². The van der Waals surface area contributed by atoms with Crippen molar-refractivity contribution in [3.63, 3.8) is 0 Å². The van der Waals surface area contributed by atoms with E-state index in [2.05, 4.69) is 104 Å². The molecule has 0 nitrogen and oxygen atoms in total. The standard InChI is InChI=1S/2C6H8F6.2C6H11F3.4C6H14.C5H6F6.C5H9F3/c1-4(6(10,11)12)2-3-5(7,8)9;1-2-3-4(5(7,8)9)6(10,11)12;1-3-4-5(2)6(7,8)9;1-2-3-4-5-6(7,8)9;2*1-5-6(2,3)4;1-5(2)6(3)4;1-4-6(3)5-2;1-3(2,4(6,7)8)5(9,10)11;1-4(2,3)5(6,7)8/h2*4H,2-3H2,1H3;5H,3-4H2,1-2H3;2-5H2,1H3;2*5H2,1-4H3;5-6H,1-4H3;6H,4-5H2,1-3H3;1-2H3;1-3H3/t4-;;5-;;;;;;;/m0.0......./s1. The highest BCUT2D eigenvalue weighted by Crippen LogP contribution is 2.49. The predicted molar refractivity (Wildman–Crippen MR) is 292 cm³/mol. The van der Waals surface area contributed by atoms with Crippen molar-refractivity contribution in [3.8, 4) is 0 Å². The first kappa shape index (κ1) is 105. The van der Waals surface area contributed by atoms with Crippen LogP contribution in [0.4, 0.5) is 119 Å². The van der Waals surface area contributed by atoms with Crippen molar-refractivity contribution in [2.24, 2.45) is 57.2 Å². The summed E-state index contributed by atoms with van der Waals surface area (Å²) in [7, 11) is 0. The van der Waals surface area contributed by atoms with E-state index in [0.29, 0.717) is 23.7 Å². The summed E-state index contributed by atoms with van der Waals surface area (Å²) in [6.07, 6.45) is -38.0. The smallest absolute Gasteiger partial charge is 0.171 e. The molecule has 0 aliphatic heterocycles. The molecular formula is C58H109F27. The molecule has 0 bridgehead atoms. The second-order valence-corrected chi connectivity index (χ2v) is 24.9. The van der Waals surface area contributed by atoms with Gasteiger partial charge in [-0.25, -0.2) is 0 Å². The van der Waals surface area contributed by atoms with Crippen LogP contribution in [-0.4, -0.2) is 55.6 Å². The number of halogens is 27. The summed E-state index contributed by atoms with van der Waals surface area (Å²) in [5.74, 6) is -3.56. The van der Waals surface area contributed by atoms with Crippen molar-refractivity contribution in [2.45, 2.75) is 319 Å². The van der Waals surface area contributed by atoms with Crippen LogP contribution in [0.2, 0.25) is 0 Å². The Hall–Kier alpha value is -1.89. The van der Waals surface area contributed by atoms with Gasteiger partial charge in [0.15, 0.2) is 11.3 Å². The summed E-state index contributed by atoms with van der Waals surface area (Å²) in [4.78, 5) is 0. The van der Waals surface area contributed by atoms with Crippen molar-refractivity contribution >= 4 is 0 Å². The molecule has 0 aromatic heterocycles. The van der Waals surface area contributed by atoms with E-state index in [1.54, 1.807) is 6.92 Å². The van der Waals surface area contributed by atoms with Gasteiger partial charge >= 0.3 is 55.6 Å². The second-order valence-electron chi connectivity index (χ2n) is 24.9. The molecule has 0 N–H and O–H groups in total. The predicted octanol–water partition coefficient (Wildman–Crippen LogP) is 28.5. The summed E-state index contributed by atoms with van der Waals surface area (Å²) >= 11 is 0. The van der Waals surface area contributed by atoms with Crippen LogP contribution in [-0.2, 0) is 0 Å². The van der Waals surface area contributed by atoms with Crippen molar-refractivity contribution < 1.29 is 119 Å². The first-order valence-electron chi connectivity index (χ1n) is 28.3. The van der Waals surface area contributed by atoms with Crippen LogP contribution >= 0.6 is 0 Å². The zero-order chi connectivity index (χ0) is 71.9. The van der Waals surface area contributed by atoms with E-state index in [0.717, 1.165) is 51.9 Å². The molecule has 0 radical (unpaired) electrons. The number of rotatable bonds is 12. The normalized spacial score (nSPS) is 13.7. The molecule has 85 heavy (non-hydrogen) atoms. The quantitative estimate of drug-likeness (QED) is 0.135. The molecule has 0 fully saturated rings. The van der Waals surface area contributed by atoms with Crippen LogP contribution in [0, 0.1) is 57.2 Å². The number of hydrogen-bond acceptors (Lipinski definition) is 0. The topological polar surface area (TPSA) is 0 Å². The van der Waals surface area contributed by atoms with Gasteiger partial charge in [-0.1, -0.05) is 211 Å². The molecule has 0 aromatic rings. The molecule has 0 heterocycles. The molecule has 0 spiro atoms. The van der Waals surface area contributed by atoms with Crippen LogP contribution < -0.4 is 0 Å². The molecule has 0 unspecified atom stereocenters. The van der Waals surface area contributed by atoms with E-state index in [-0.39, 0.29) is 33.1 Å². The highest BCUT2D eigenvalue weighted by atomic mass is 19.4. The van der Waals surface area contributed by atoms with Crippen LogP contribution in [0.3, 0.4) is 0 Å². The summed E-state index contributed by atoms with van der Waals surface area (Å²) in [6, 6.07) is 0. The Kier molecular flexibility index (Phi) is 57.0. The van der Waals surface area contributed by atoms with E-state index in [1.807, 2.05) is 6.92 Å². The van der Waals surface area contributed by atoms with Crippen molar-refractivity contribution in [1.29, 1.82) is 0 Å². The van der Waals surface area contributed by atoms with Crippen LogP contribution in [0.15, 0.2) is 0 Å². The molecule has 0 saturated heterocycles. The van der Waals surface area contributed by atoms with E-state index < -0.39 is 110 Å². The molecular weight excluding hydrogens is 1210 g/mol. The molecule has 2 atom stereocenters. The number of hydrogen-bond donors (Lipinski definition) is 0. The van der Waals surface area contributed by atoms with Crippen molar-refractivity contribution in [1.82, 2.24) is 0 Å². The lowest BCUT2D eigenvalue weighted by Crippen LogP contribution is -2.44. The van der Waals surface area contributed by atoms with Gasteiger partial charge in [-0.3, -0.25) is 0 Å². The minimum atomic E-state index is -5.24. The Bertz CT molecular complexity index is 1380. The fraction of sp³-hybridized carbons (Fsp3) is 1.00. The van der Waals surface area contributed by atoms with Crippen molar-refractivity contribution in [3.05, 3.63) is 0 Å². The van der Waals surface area contributed by atoms with Crippen molar-refractivity contribution in [2.75, 3.05) is 0 Å². The first-order valence-corrected chi connectivity index (χ1v) is 28.3. The van der Waals surface area contributed by atoms with E-state index in [4.69, 9.17) is 0 Å². The lowest BCUT2D eigenvalue weighted by atomic mass is 9.92. The molecule has 0 aromatic carbocycles. The lowest BCUT2D eigenvalue weighted by molar-refractivity contribution is -0.327. The van der Waals surface area contributed by atoms with Gasteiger partial charge in [0, 0.05) is 12.8 Å². The third-order valence-electron chi connectivity index (χ3n) is 12.2. The zero-order valence-electron chi connectivity index (χ0n) is 55.1. The minimum Gasteiger partial charge on any atom is -0.171 e. The van der Waals surface area contributed by atoms with Gasteiger partial charge in [0.2, 0.25) is 0 Å². The Balaban J connectivity index is -0.0000000929. The first-order chi connectivity index (χ1) is 36.7. The van der Waals surface area contributed by atoms with E-state index in [9.17, 15) is 119 Å². The number of unbranched alkanes of at least 4 members (excludes halogenated alkanes) is 2. The third-order valence-corrected chi connectivity index (χ3v) is 12.2. The maximum absolute atomic E-state index is 11.7.